The van der Waals surface area contributed by atoms with Gasteiger partial charge in [-0.05, 0) is 46.6 Å². The number of sulfonamides is 2. The van der Waals surface area contributed by atoms with Crippen molar-refractivity contribution in [2.75, 3.05) is 6.54 Å². The van der Waals surface area contributed by atoms with Crippen molar-refractivity contribution in [2.45, 2.75) is 16.2 Å². The van der Waals surface area contributed by atoms with E-state index < -0.39 is 20.0 Å². The van der Waals surface area contributed by atoms with E-state index in [4.69, 9.17) is 5.14 Å². The van der Waals surface area contributed by atoms with Crippen LogP contribution in [0.15, 0.2) is 56.9 Å². The van der Waals surface area contributed by atoms with Crippen LogP contribution in [0.4, 0.5) is 0 Å². The number of primary sulfonamides is 1. The number of fused-ring (bicyclic) bond motifs is 1. The molecule has 0 aliphatic heterocycles. The predicted octanol–water partition coefficient (Wildman–Crippen LogP) is 0.391. The van der Waals surface area contributed by atoms with Gasteiger partial charge < -0.3 is 0 Å². The van der Waals surface area contributed by atoms with Gasteiger partial charge in [0.05, 0.1) is 4.90 Å². The zero-order valence-electron chi connectivity index (χ0n) is 12.8. The van der Waals surface area contributed by atoms with Gasteiger partial charge in [-0.25, -0.2) is 31.3 Å². The number of hydrogen-bond acceptors (Lipinski definition) is 7. The fourth-order valence-electron chi connectivity index (χ4n) is 2.25. The van der Waals surface area contributed by atoms with Crippen molar-refractivity contribution in [1.82, 2.24) is 15.0 Å². The average molecular weight is 382 g/mol. The zero-order chi connectivity index (χ0) is 18.1. The zero-order valence-corrected chi connectivity index (χ0v) is 14.4. The maximum Gasteiger partial charge on any atom is 0.242 e. The van der Waals surface area contributed by atoms with E-state index in [0.29, 0.717) is 11.9 Å². The largest absolute Gasteiger partial charge is 0.243 e. The molecule has 132 valence electrons. The van der Waals surface area contributed by atoms with Crippen molar-refractivity contribution in [1.29, 1.82) is 0 Å². The lowest BCUT2D eigenvalue weighted by Crippen LogP contribution is -2.26. The summed E-state index contributed by atoms with van der Waals surface area (Å²) in [5.41, 5.74) is 1.27. The van der Waals surface area contributed by atoms with Crippen molar-refractivity contribution in [2.24, 2.45) is 5.14 Å². The number of hydrogen-bond donors (Lipinski definition) is 2. The second-order valence-electron chi connectivity index (χ2n) is 5.22. The molecule has 0 radical (unpaired) electrons. The highest BCUT2D eigenvalue weighted by Crippen LogP contribution is 2.19. The number of nitrogens with two attached hydrogens (primary N) is 1. The van der Waals surface area contributed by atoms with Crippen LogP contribution in [0.2, 0.25) is 0 Å². The van der Waals surface area contributed by atoms with E-state index in [-0.39, 0.29) is 21.9 Å². The van der Waals surface area contributed by atoms with Crippen molar-refractivity contribution < 1.29 is 21.5 Å². The molecule has 2 aromatic carbocycles. The molecule has 9 nitrogen and oxygen atoms in total. The van der Waals surface area contributed by atoms with E-state index in [1.54, 1.807) is 24.3 Å². The molecule has 0 saturated heterocycles. The molecule has 3 rings (SSSR count). The summed E-state index contributed by atoms with van der Waals surface area (Å²) in [6.45, 7) is 0.124. The van der Waals surface area contributed by atoms with Gasteiger partial charge in [-0.3, -0.25) is 0 Å². The van der Waals surface area contributed by atoms with E-state index >= 15 is 0 Å². The minimum absolute atomic E-state index is 0.00189. The molecule has 0 aliphatic rings. The number of benzene rings is 2. The van der Waals surface area contributed by atoms with E-state index in [2.05, 4.69) is 19.7 Å². The van der Waals surface area contributed by atoms with Crippen LogP contribution in [0.25, 0.3) is 11.0 Å². The summed E-state index contributed by atoms with van der Waals surface area (Å²) < 4.78 is 54.2. The molecule has 1 aromatic heterocycles. The summed E-state index contributed by atoms with van der Waals surface area (Å²) in [6.07, 6.45) is 0.372. The van der Waals surface area contributed by atoms with E-state index in [9.17, 15) is 16.8 Å². The third kappa shape index (κ3) is 3.85. The first kappa shape index (κ1) is 17.5. The van der Waals surface area contributed by atoms with Gasteiger partial charge in [0.25, 0.3) is 0 Å². The van der Waals surface area contributed by atoms with Crippen LogP contribution in [-0.2, 0) is 26.5 Å². The molecule has 0 unspecified atom stereocenters. The molecule has 3 N–H and O–H groups in total. The first-order chi connectivity index (χ1) is 11.8. The molecular formula is C14H14N4O5S2. The molecule has 0 saturated carbocycles. The molecule has 0 bridgehead atoms. The van der Waals surface area contributed by atoms with Crippen LogP contribution < -0.4 is 9.86 Å². The highest BCUT2D eigenvalue weighted by atomic mass is 32.2. The number of aromatic nitrogens is 2. The fourth-order valence-corrected chi connectivity index (χ4v) is 3.95. The van der Waals surface area contributed by atoms with Crippen molar-refractivity contribution in [3.05, 3.63) is 48.0 Å². The van der Waals surface area contributed by atoms with Crippen molar-refractivity contribution in [3.63, 3.8) is 0 Å². The smallest absolute Gasteiger partial charge is 0.242 e. The SMILES string of the molecule is NS(=O)(=O)c1ccc(CCNS(=O)(=O)c2cccc3nonc23)cc1. The first-order valence-corrected chi connectivity index (χ1v) is 10.1. The third-order valence-corrected chi connectivity index (χ3v) is 5.92. The summed E-state index contributed by atoms with van der Waals surface area (Å²) in [4.78, 5) is -0.0159. The standard InChI is InChI=1S/C14H14N4O5S2/c15-24(19,20)11-6-4-10(5-7-11)8-9-16-25(21,22)13-3-1-2-12-14(13)18-23-17-12/h1-7,16H,8-9H2,(H2,15,19,20). The number of nitrogens with one attached hydrogen (secondary N) is 1. The van der Waals surface area contributed by atoms with E-state index in [0.717, 1.165) is 5.56 Å². The Kier molecular flexibility index (Phi) is 4.56. The van der Waals surface area contributed by atoms with Gasteiger partial charge in [0.1, 0.15) is 10.4 Å². The Morgan fingerprint density at radius 3 is 2.40 bits per heavy atom. The minimum Gasteiger partial charge on any atom is -0.243 e. The van der Waals surface area contributed by atoms with Crippen LogP contribution in [-0.4, -0.2) is 33.7 Å². The van der Waals surface area contributed by atoms with Crippen LogP contribution in [0, 0.1) is 0 Å². The number of nitrogens with zero attached hydrogens (tertiary/aromatic N) is 2. The molecule has 25 heavy (non-hydrogen) atoms. The Morgan fingerprint density at radius 2 is 1.72 bits per heavy atom. The Balaban J connectivity index is 1.70. The van der Waals surface area contributed by atoms with E-state index in [1.807, 2.05) is 0 Å². The molecule has 3 aromatic rings. The summed E-state index contributed by atoms with van der Waals surface area (Å²) in [5, 5.41) is 12.2. The molecule has 1 heterocycles. The predicted molar refractivity (Wildman–Crippen MR) is 88.5 cm³/mol. The minimum atomic E-state index is -3.79. The molecular weight excluding hydrogens is 368 g/mol. The highest BCUT2D eigenvalue weighted by molar-refractivity contribution is 7.89. The Morgan fingerprint density at radius 1 is 1.00 bits per heavy atom. The lowest BCUT2D eigenvalue weighted by molar-refractivity contribution is 0.315. The van der Waals surface area contributed by atoms with Gasteiger partial charge in [-0.1, -0.05) is 18.2 Å². The van der Waals surface area contributed by atoms with Gasteiger partial charge in [-0.15, -0.1) is 0 Å². The first-order valence-electron chi connectivity index (χ1n) is 7.10. The topological polar surface area (TPSA) is 145 Å². The van der Waals surface area contributed by atoms with Gasteiger partial charge >= 0.3 is 0 Å². The molecule has 0 spiro atoms. The van der Waals surface area contributed by atoms with E-state index in [1.165, 1.54) is 18.2 Å². The van der Waals surface area contributed by atoms with Crippen LogP contribution in [0.3, 0.4) is 0 Å². The lowest BCUT2D eigenvalue weighted by atomic mass is 10.2. The monoisotopic (exact) mass is 382 g/mol. The molecule has 11 heteroatoms. The summed E-state index contributed by atoms with van der Waals surface area (Å²) >= 11 is 0. The fraction of sp³-hybridized carbons (Fsp3) is 0.143. The Bertz CT molecular complexity index is 1110. The Labute approximate surface area is 143 Å². The normalized spacial score (nSPS) is 12.5. The third-order valence-electron chi connectivity index (χ3n) is 3.50. The molecule has 0 atom stereocenters. The van der Waals surface area contributed by atoms with Crippen LogP contribution in [0.1, 0.15) is 5.56 Å². The summed E-state index contributed by atoms with van der Waals surface area (Å²) in [5.74, 6) is 0. The second kappa shape index (κ2) is 6.52. The second-order valence-corrected chi connectivity index (χ2v) is 8.52. The quantitative estimate of drug-likeness (QED) is 0.627. The van der Waals surface area contributed by atoms with Crippen molar-refractivity contribution >= 4 is 31.1 Å². The summed E-state index contributed by atoms with van der Waals surface area (Å²) in [7, 11) is -7.53. The van der Waals surface area contributed by atoms with Crippen LogP contribution in [0.5, 0.6) is 0 Å². The van der Waals surface area contributed by atoms with Gasteiger partial charge in [-0.2, -0.15) is 0 Å². The Hall–Kier alpha value is -2.34. The van der Waals surface area contributed by atoms with Crippen LogP contribution >= 0.6 is 0 Å². The average Bonchev–Trinajstić information content (AvgIpc) is 3.02. The molecule has 0 fully saturated rings. The van der Waals surface area contributed by atoms with Crippen molar-refractivity contribution in [3.8, 4) is 0 Å². The van der Waals surface area contributed by atoms with Gasteiger partial charge in [0, 0.05) is 6.54 Å². The lowest BCUT2D eigenvalue weighted by Gasteiger charge is -2.07. The van der Waals surface area contributed by atoms with Gasteiger partial charge in [0.15, 0.2) is 5.52 Å². The maximum absolute atomic E-state index is 12.4. The van der Waals surface area contributed by atoms with Gasteiger partial charge in [0.2, 0.25) is 20.0 Å². The maximum atomic E-state index is 12.4. The molecule has 0 aliphatic carbocycles. The number of rotatable bonds is 6. The molecule has 0 amide bonds. The highest BCUT2D eigenvalue weighted by Gasteiger charge is 2.19. The summed E-state index contributed by atoms with van der Waals surface area (Å²) in [6, 6.07) is 10.5.